The molecular formula is C24H31N3O2S. The molecule has 1 aromatic carbocycles. The van der Waals surface area contributed by atoms with Crippen LogP contribution in [0.15, 0.2) is 41.9 Å². The molecule has 1 aliphatic rings. The number of carbonyl (C=O) groups excluding carboxylic acids is 1. The van der Waals surface area contributed by atoms with Crippen LogP contribution in [0.25, 0.3) is 16.2 Å². The van der Waals surface area contributed by atoms with Crippen molar-refractivity contribution >= 4 is 22.2 Å². The van der Waals surface area contributed by atoms with Gasteiger partial charge in [0.15, 0.2) is 4.96 Å². The molecule has 3 aromatic rings. The molecular weight excluding hydrogens is 394 g/mol. The SMILES string of the molecule is CC(C)(C)CC(=O)N(CCc1csc2nc(-c3ccccc3)cn12)C[C@@H]1CCCO1. The first kappa shape index (κ1) is 21.1. The number of ether oxygens (including phenoxy) is 1. The van der Waals surface area contributed by atoms with Crippen molar-refractivity contribution in [3.05, 3.63) is 47.6 Å². The lowest BCUT2D eigenvalue weighted by Crippen LogP contribution is -2.40. The first-order valence-electron chi connectivity index (χ1n) is 10.8. The van der Waals surface area contributed by atoms with Gasteiger partial charge in [-0.25, -0.2) is 4.98 Å². The van der Waals surface area contributed by atoms with Gasteiger partial charge in [0.25, 0.3) is 0 Å². The molecule has 1 saturated heterocycles. The molecule has 1 fully saturated rings. The maximum atomic E-state index is 13.0. The topological polar surface area (TPSA) is 46.8 Å². The van der Waals surface area contributed by atoms with Crippen LogP contribution in [0.4, 0.5) is 0 Å². The average Bonchev–Trinajstić information content (AvgIpc) is 3.42. The maximum absolute atomic E-state index is 13.0. The first-order valence-corrected chi connectivity index (χ1v) is 11.7. The predicted octanol–water partition coefficient (Wildman–Crippen LogP) is 5.05. The molecule has 0 radical (unpaired) electrons. The van der Waals surface area contributed by atoms with E-state index >= 15 is 0 Å². The summed E-state index contributed by atoms with van der Waals surface area (Å²) in [5.41, 5.74) is 3.30. The van der Waals surface area contributed by atoms with Crippen molar-refractivity contribution in [2.24, 2.45) is 5.41 Å². The highest BCUT2D eigenvalue weighted by Gasteiger charge is 2.26. The second-order valence-electron chi connectivity index (χ2n) is 9.33. The molecule has 3 heterocycles. The number of hydrogen-bond donors (Lipinski definition) is 0. The van der Waals surface area contributed by atoms with Crippen LogP contribution < -0.4 is 0 Å². The van der Waals surface area contributed by atoms with Crippen LogP contribution in [-0.4, -0.2) is 46.0 Å². The molecule has 1 atom stereocenters. The Morgan fingerprint density at radius 3 is 2.80 bits per heavy atom. The Hall–Kier alpha value is -2.18. The van der Waals surface area contributed by atoms with Crippen molar-refractivity contribution in [1.82, 2.24) is 14.3 Å². The van der Waals surface area contributed by atoms with E-state index < -0.39 is 0 Å². The van der Waals surface area contributed by atoms with Crippen molar-refractivity contribution in [2.75, 3.05) is 19.7 Å². The zero-order valence-corrected chi connectivity index (χ0v) is 19.0. The monoisotopic (exact) mass is 425 g/mol. The molecule has 0 spiro atoms. The molecule has 30 heavy (non-hydrogen) atoms. The van der Waals surface area contributed by atoms with Gasteiger partial charge < -0.3 is 9.64 Å². The smallest absolute Gasteiger partial charge is 0.223 e. The van der Waals surface area contributed by atoms with Crippen LogP contribution in [-0.2, 0) is 16.0 Å². The zero-order chi connectivity index (χ0) is 21.1. The number of benzene rings is 1. The number of aromatic nitrogens is 2. The van der Waals surface area contributed by atoms with Crippen molar-refractivity contribution in [3.63, 3.8) is 0 Å². The van der Waals surface area contributed by atoms with E-state index in [-0.39, 0.29) is 17.4 Å². The number of amides is 1. The van der Waals surface area contributed by atoms with E-state index in [0.717, 1.165) is 42.1 Å². The van der Waals surface area contributed by atoms with Crippen molar-refractivity contribution in [1.29, 1.82) is 0 Å². The van der Waals surface area contributed by atoms with Crippen LogP contribution in [0, 0.1) is 5.41 Å². The summed E-state index contributed by atoms with van der Waals surface area (Å²) in [6.07, 6.45) is 5.79. The lowest BCUT2D eigenvalue weighted by atomic mass is 9.91. The number of imidazole rings is 1. The fraction of sp³-hybridized carbons (Fsp3) is 0.500. The zero-order valence-electron chi connectivity index (χ0n) is 18.1. The minimum Gasteiger partial charge on any atom is -0.376 e. The highest BCUT2D eigenvalue weighted by atomic mass is 32.1. The summed E-state index contributed by atoms with van der Waals surface area (Å²) in [6, 6.07) is 10.3. The number of rotatable bonds is 7. The van der Waals surface area contributed by atoms with Crippen molar-refractivity contribution in [2.45, 2.75) is 52.6 Å². The predicted molar refractivity (Wildman–Crippen MR) is 122 cm³/mol. The van der Waals surface area contributed by atoms with Gasteiger partial charge in [-0.1, -0.05) is 51.1 Å². The highest BCUT2D eigenvalue weighted by Crippen LogP contribution is 2.25. The number of fused-ring (bicyclic) bond motifs is 1. The average molecular weight is 426 g/mol. The molecule has 5 nitrogen and oxygen atoms in total. The van der Waals surface area contributed by atoms with E-state index in [2.05, 4.69) is 48.9 Å². The van der Waals surface area contributed by atoms with Gasteiger partial charge in [-0.05, 0) is 18.3 Å². The second-order valence-corrected chi connectivity index (χ2v) is 10.2. The number of thiazole rings is 1. The molecule has 1 amide bonds. The van der Waals surface area contributed by atoms with E-state index in [4.69, 9.17) is 9.72 Å². The lowest BCUT2D eigenvalue weighted by Gasteiger charge is -2.28. The molecule has 0 bridgehead atoms. The van der Waals surface area contributed by atoms with Crippen LogP contribution in [0.1, 0.15) is 45.7 Å². The van der Waals surface area contributed by atoms with Gasteiger partial charge in [0, 0.05) is 55.4 Å². The molecule has 4 rings (SSSR count). The van der Waals surface area contributed by atoms with Crippen LogP contribution in [0.5, 0.6) is 0 Å². The summed E-state index contributed by atoms with van der Waals surface area (Å²) >= 11 is 1.66. The maximum Gasteiger partial charge on any atom is 0.223 e. The quantitative estimate of drug-likeness (QED) is 0.532. The Labute approximate surface area is 182 Å². The summed E-state index contributed by atoms with van der Waals surface area (Å²) < 4.78 is 7.99. The standard InChI is InChI=1S/C24H31N3O2S/c1-24(2,3)14-22(28)26(15-20-10-7-13-29-20)12-11-19-17-30-23-25-21(16-27(19)23)18-8-5-4-6-9-18/h4-6,8-9,16-17,20H,7,10-15H2,1-3H3/t20-/m0/s1. The number of nitrogens with zero attached hydrogens (tertiary/aromatic N) is 3. The van der Waals surface area contributed by atoms with Gasteiger partial charge >= 0.3 is 0 Å². The Bertz CT molecular complexity index is 981. The Morgan fingerprint density at radius 1 is 1.30 bits per heavy atom. The van der Waals surface area contributed by atoms with Crippen molar-refractivity contribution < 1.29 is 9.53 Å². The minimum absolute atomic E-state index is 0.0174. The van der Waals surface area contributed by atoms with E-state index in [1.165, 1.54) is 5.69 Å². The first-order chi connectivity index (χ1) is 14.4. The van der Waals surface area contributed by atoms with Crippen LogP contribution >= 0.6 is 11.3 Å². The summed E-state index contributed by atoms with van der Waals surface area (Å²) in [7, 11) is 0. The van der Waals surface area contributed by atoms with Gasteiger partial charge in [-0.3, -0.25) is 9.20 Å². The number of hydrogen-bond acceptors (Lipinski definition) is 4. The molecule has 0 aliphatic carbocycles. The van der Waals surface area contributed by atoms with E-state index in [0.29, 0.717) is 19.5 Å². The Kier molecular flexibility index (Phi) is 6.25. The van der Waals surface area contributed by atoms with Gasteiger partial charge in [0.2, 0.25) is 5.91 Å². The minimum atomic E-state index is -0.0174. The summed E-state index contributed by atoms with van der Waals surface area (Å²) in [5, 5.41) is 2.16. The molecule has 1 aliphatic heterocycles. The van der Waals surface area contributed by atoms with E-state index in [9.17, 15) is 4.79 Å². The molecule has 0 unspecified atom stereocenters. The summed E-state index contributed by atoms with van der Waals surface area (Å²) in [6.45, 7) is 8.58. The summed E-state index contributed by atoms with van der Waals surface area (Å²) in [4.78, 5) is 20.8. The molecule has 0 N–H and O–H groups in total. The van der Waals surface area contributed by atoms with Crippen LogP contribution in [0.3, 0.4) is 0 Å². The fourth-order valence-corrected chi connectivity index (χ4v) is 4.83. The van der Waals surface area contributed by atoms with Crippen molar-refractivity contribution in [3.8, 4) is 11.3 Å². The highest BCUT2D eigenvalue weighted by molar-refractivity contribution is 7.15. The summed E-state index contributed by atoms with van der Waals surface area (Å²) in [5.74, 6) is 0.222. The molecule has 6 heteroatoms. The van der Waals surface area contributed by atoms with Crippen LogP contribution in [0.2, 0.25) is 0 Å². The largest absolute Gasteiger partial charge is 0.376 e. The molecule has 2 aromatic heterocycles. The third-order valence-corrected chi connectivity index (χ3v) is 6.36. The third kappa shape index (κ3) is 5.10. The Morgan fingerprint density at radius 2 is 2.10 bits per heavy atom. The van der Waals surface area contributed by atoms with Gasteiger partial charge in [-0.2, -0.15) is 0 Å². The molecule has 0 saturated carbocycles. The van der Waals surface area contributed by atoms with Gasteiger partial charge in [-0.15, -0.1) is 11.3 Å². The van der Waals surface area contributed by atoms with Gasteiger partial charge in [0.05, 0.1) is 11.8 Å². The fourth-order valence-electron chi connectivity index (χ4n) is 3.92. The van der Waals surface area contributed by atoms with E-state index in [1.807, 2.05) is 23.1 Å². The third-order valence-electron chi connectivity index (χ3n) is 5.47. The van der Waals surface area contributed by atoms with E-state index in [1.54, 1.807) is 11.3 Å². The normalized spacial score (nSPS) is 17.0. The second kappa shape index (κ2) is 8.90. The number of carbonyl (C=O) groups is 1. The van der Waals surface area contributed by atoms with Gasteiger partial charge in [0.1, 0.15) is 0 Å². The lowest BCUT2D eigenvalue weighted by molar-refractivity contribution is -0.134. The Balaban J connectivity index is 1.48. The molecule has 160 valence electrons.